The van der Waals surface area contributed by atoms with Gasteiger partial charge in [-0.25, -0.2) is 0 Å². The van der Waals surface area contributed by atoms with Gasteiger partial charge in [0.1, 0.15) is 5.76 Å². The van der Waals surface area contributed by atoms with Crippen LogP contribution < -0.4 is 9.47 Å². The number of ketones is 1. The van der Waals surface area contributed by atoms with Crippen LogP contribution in [0.15, 0.2) is 94.8 Å². The van der Waals surface area contributed by atoms with E-state index in [9.17, 15) is 4.79 Å². The normalized spacial score (nSPS) is 20.5. The molecule has 0 fully saturated rings. The minimum Gasteiger partial charge on any atom is -0.494 e. The predicted octanol–water partition coefficient (Wildman–Crippen LogP) is 6.67. The highest BCUT2D eigenvalue weighted by Crippen LogP contribution is 2.47. The fourth-order valence-corrected chi connectivity index (χ4v) is 5.03. The third-order valence-corrected chi connectivity index (χ3v) is 6.52. The summed E-state index contributed by atoms with van der Waals surface area (Å²) >= 11 is 0. The molecule has 1 unspecified atom stereocenters. The van der Waals surface area contributed by atoms with Gasteiger partial charge in [-0.05, 0) is 56.0 Å². The third-order valence-electron chi connectivity index (χ3n) is 6.52. The van der Waals surface area contributed by atoms with Gasteiger partial charge < -0.3 is 14.2 Å². The number of hydrogen-bond acceptors (Lipinski definition) is 4. The first-order chi connectivity index (χ1) is 16.5. The van der Waals surface area contributed by atoms with Gasteiger partial charge in [0.2, 0.25) is 6.79 Å². The predicted molar refractivity (Wildman–Crippen MR) is 134 cm³/mol. The van der Waals surface area contributed by atoms with E-state index in [0.29, 0.717) is 24.5 Å². The number of ether oxygens (including phenoxy) is 3. The van der Waals surface area contributed by atoms with Crippen LogP contribution in [0.5, 0.6) is 11.5 Å². The van der Waals surface area contributed by atoms with E-state index in [1.54, 1.807) is 0 Å². The molecule has 0 spiro atoms. The van der Waals surface area contributed by atoms with Crippen LogP contribution in [0.3, 0.4) is 0 Å². The summed E-state index contributed by atoms with van der Waals surface area (Å²) < 4.78 is 16.7. The SMILES string of the molecule is C=C(OCC)C1=C(C)CC2=C(C(=O)C(=Cc3ccc4c(c3)OCO4)C2)C1C=Cc1ccccc1. The molecule has 1 aliphatic heterocycles. The summed E-state index contributed by atoms with van der Waals surface area (Å²) in [5.41, 5.74) is 7.11. The molecule has 0 saturated heterocycles. The van der Waals surface area contributed by atoms with Crippen LogP contribution in [0.1, 0.15) is 37.8 Å². The molecular weight excluding hydrogens is 424 g/mol. The van der Waals surface area contributed by atoms with Crippen molar-refractivity contribution in [2.45, 2.75) is 26.7 Å². The fraction of sp³-hybridized carbons (Fsp3) is 0.233. The molecule has 172 valence electrons. The van der Waals surface area contributed by atoms with Crippen LogP contribution in [0, 0.1) is 5.92 Å². The molecule has 0 bridgehead atoms. The molecule has 5 rings (SSSR count). The maximum absolute atomic E-state index is 13.7. The molecule has 2 aromatic rings. The molecule has 0 amide bonds. The van der Waals surface area contributed by atoms with Gasteiger partial charge in [-0.15, -0.1) is 0 Å². The van der Waals surface area contributed by atoms with Gasteiger partial charge in [-0.2, -0.15) is 0 Å². The van der Waals surface area contributed by atoms with Gasteiger partial charge in [-0.3, -0.25) is 4.79 Å². The van der Waals surface area contributed by atoms with E-state index in [1.807, 2.05) is 49.4 Å². The number of fused-ring (bicyclic) bond motifs is 1. The third kappa shape index (κ3) is 4.12. The first-order valence-electron chi connectivity index (χ1n) is 11.7. The van der Waals surface area contributed by atoms with Crippen LogP contribution >= 0.6 is 0 Å². The van der Waals surface area contributed by atoms with Gasteiger partial charge in [-0.1, -0.05) is 66.3 Å². The number of Topliss-reactive ketones (excluding diaryl/α,β-unsaturated/α-hetero) is 1. The molecule has 1 heterocycles. The highest BCUT2D eigenvalue weighted by molar-refractivity contribution is 6.15. The summed E-state index contributed by atoms with van der Waals surface area (Å²) in [4.78, 5) is 13.7. The minimum atomic E-state index is -0.182. The fourth-order valence-electron chi connectivity index (χ4n) is 5.03. The molecule has 0 N–H and O–H groups in total. The van der Waals surface area contributed by atoms with E-state index in [0.717, 1.165) is 40.0 Å². The Kier molecular flexibility index (Phi) is 5.97. The van der Waals surface area contributed by atoms with Crippen LogP contribution in [0.2, 0.25) is 0 Å². The Morgan fingerprint density at radius 2 is 1.88 bits per heavy atom. The maximum atomic E-state index is 13.7. The summed E-state index contributed by atoms with van der Waals surface area (Å²) in [7, 11) is 0. The van der Waals surface area contributed by atoms with Gasteiger partial charge in [0.15, 0.2) is 17.3 Å². The highest BCUT2D eigenvalue weighted by Gasteiger charge is 2.38. The maximum Gasteiger partial charge on any atom is 0.231 e. The Bertz CT molecular complexity index is 1270. The smallest absolute Gasteiger partial charge is 0.231 e. The number of carbonyl (C=O) groups excluding carboxylic acids is 1. The molecular formula is C30H28O4. The molecule has 0 saturated carbocycles. The van der Waals surface area contributed by atoms with E-state index in [4.69, 9.17) is 14.2 Å². The number of rotatable bonds is 6. The zero-order valence-corrected chi connectivity index (χ0v) is 19.6. The summed E-state index contributed by atoms with van der Waals surface area (Å²) in [5, 5.41) is 0. The molecule has 3 aliphatic rings. The highest BCUT2D eigenvalue weighted by atomic mass is 16.7. The second-order valence-electron chi connectivity index (χ2n) is 8.78. The summed E-state index contributed by atoms with van der Waals surface area (Å²) in [6, 6.07) is 15.9. The Labute approximate surface area is 200 Å². The topological polar surface area (TPSA) is 44.8 Å². The van der Waals surface area contributed by atoms with Crippen molar-refractivity contribution in [3.8, 4) is 11.5 Å². The summed E-state index contributed by atoms with van der Waals surface area (Å²) in [5.74, 6) is 2.02. The summed E-state index contributed by atoms with van der Waals surface area (Å²) in [6.45, 7) is 9.05. The molecule has 1 atom stereocenters. The average Bonchev–Trinajstić information content (AvgIpc) is 3.42. The Balaban J connectivity index is 1.50. The van der Waals surface area contributed by atoms with Gasteiger partial charge >= 0.3 is 0 Å². The molecule has 2 aromatic carbocycles. The molecule has 0 radical (unpaired) electrons. The molecule has 2 aliphatic carbocycles. The van der Waals surface area contributed by atoms with Crippen molar-refractivity contribution in [2.24, 2.45) is 5.92 Å². The Morgan fingerprint density at radius 1 is 1.09 bits per heavy atom. The lowest BCUT2D eigenvalue weighted by atomic mass is 9.78. The van der Waals surface area contributed by atoms with Gasteiger partial charge in [0, 0.05) is 22.6 Å². The van der Waals surface area contributed by atoms with Crippen LogP contribution in [-0.2, 0) is 9.53 Å². The monoisotopic (exact) mass is 452 g/mol. The molecule has 0 aromatic heterocycles. The largest absolute Gasteiger partial charge is 0.494 e. The number of allylic oxidation sites excluding steroid dienone is 6. The van der Waals surface area contributed by atoms with Crippen molar-refractivity contribution < 1.29 is 19.0 Å². The van der Waals surface area contributed by atoms with Crippen LogP contribution in [-0.4, -0.2) is 19.2 Å². The standard InChI is InChI=1S/C30H28O4/c1-4-32-20(3)28-19(2)14-23-17-24(15-22-11-13-26-27(16-22)34-18-33-26)30(31)29(23)25(28)12-10-21-8-6-5-7-9-21/h5-13,15-16,25H,3-4,14,17-18H2,1-2H3. The lowest BCUT2D eigenvalue weighted by molar-refractivity contribution is -0.112. The van der Waals surface area contributed by atoms with Gasteiger partial charge in [0.25, 0.3) is 0 Å². The quantitative estimate of drug-likeness (QED) is 0.363. The second-order valence-corrected chi connectivity index (χ2v) is 8.78. The van der Waals surface area contributed by atoms with Crippen molar-refractivity contribution in [1.82, 2.24) is 0 Å². The van der Waals surface area contributed by atoms with Crippen LogP contribution in [0.4, 0.5) is 0 Å². The van der Waals surface area contributed by atoms with E-state index < -0.39 is 0 Å². The van der Waals surface area contributed by atoms with E-state index in [-0.39, 0.29) is 18.5 Å². The van der Waals surface area contributed by atoms with Gasteiger partial charge in [0.05, 0.1) is 6.61 Å². The first-order valence-corrected chi connectivity index (χ1v) is 11.7. The zero-order valence-electron chi connectivity index (χ0n) is 19.6. The average molecular weight is 453 g/mol. The van der Waals surface area contributed by atoms with Crippen molar-refractivity contribution in [2.75, 3.05) is 13.4 Å². The van der Waals surface area contributed by atoms with Crippen molar-refractivity contribution in [3.63, 3.8) is 0 Å². The van der Waals surface area contributed by atoms with Crippen molar-refractivity contribution in [1.29, 1.82) is 0 Å². The molecule has 4 nitrogen and oxygen atoms in total. The lowest BCUT2D eigenvalue weighted by Crippen LogP contribution is -2.19. The van der Waals surface area contributed by atoms with Crippen molar-refractivity contribution in [3.05, 3.63) is 106 Å². The molecule has 34 heavy (non-hydrogen) atoms. The van der Waals surface area contributed by atoms with Crippen LogP contribution in [0.25, 0.3) is 12.2 Å². The molecule has 4 heteroatoms. The van der Waals surface area contributed by atoms with Crippen molar-refractivity contribution >= 4 is 17.9 Å². The van der Waals surface area contributed by atoms with E-state index in [1.165, 1.54) is 11.1 Å². The number of hydrogen-bond donors (Lipinski definition) is 0. The number of benzene rings is 2. The zero-order chi connectivity index (χ0) is 23.7. The van der Waals surface area contributed by atoms with E-state index in [2.05, 4.69) is 37.8 Å². The Morgan fingerprint density at radius 3 is 2.68 bits per heavy atom. The lowest BCUT2D eigenvalue weighted by Gasteiger charge is -2.28. The summed E-state index contributed by atoms with van der Waals surface area (Å²) in [6.07, 6.45) is 7.60. The van der Waals surface area contributed by atoms with E-state index >= 15 is 0 Å². The number of carbonyl (C=O) groups is 1. The minimum absolute atomic E-state index is 0.102. The Hall–Kier alpha value is -3.79. The second kappa shape index (κ2) is 9.22. The first kappa shape index (κ1) is 22.0.